The number of hydrogen-bond acceptors (Lipinski definition) is 3. The van der Waals surface area contributed by atoms with Crippen molar-refractivity contribution < 1.29 is 13.2 Å². The summed E-state index contributed by atoms with van der Waals surface area (Å²) in [7, 11) is -2.01. The molecule has 124 valence electrons. The van der Waals surface area contributed by atoms with Crippen molar-refractivity contribution in [3.63, 3.8) is 0 Å². The molecular formula is C19H19NO3S. The van der Waals surface area contributed by atoms with Crippen LogP contribution in [0.25, 0.3) is 10.8 Å². The predicted molar refractivity (Wildman–Crippen MR) is 95.8 cm³/mol. The van der Waals surface area contributed by atoms with Crippen LogP contribution in [0.4, 0.5) is 0 Å². The van der Waals surface area contributed by atoms with E-state index in [1.807, 2.05) is 48.5 Å². The van der Waals surface area contributed by atoms with Gasteiger partial charge in [-0.1, -0.05) is 54.6 Å². The third-order valence-electron chi connectivity index (χ3n) is 3.90. The maximum atomic E-state index is 12.7. The Morgan fingerprint density at radius 3 is 2.25 bits per heavy atom. The van der Waals surface area contributed by atoms with Gasteiger partial charge in [0.25, 0.3) is 0 Å². The van der Waals surface area contributed by atoms with E-state index in [9.17, 15) is 8.42 Å². The molecule has 0 saturated heterocycles. The van der Waals surface area contributed by atoms with Crippen molar-refractivity contribution in [2.45, 2.75) is 11.3 Å². The molecule has 0 radical (unpaired) electrons. The van der Waals surface area contributed by atoms with E-state index in [-0.39, 0.29) is 4.90 Å². The SMILES string of the molecule is COc1ccc(S(=O)(=O)NCCc2ccccc2)c2ccccc12. The lowest BCUT2D eigenvalue weighted by atomic mass is 10.1. The maximum absolute atomic E-state index is 12.7. The Bertz CT molecular complexity index is 937. The van der Waals surface area contributed by atoms with Gasteiger partial charge < -0.3 is 4.74 Å². The molecule has 0 fully saturated rings. The first-order chi connectivity index (χ1) is 11.6. The van der Waals surface area contributed by atoms with Gasteiger partial charge in [-0.2, -0.15) is 0 Å². The molecule has 3 rings (SSSR count). The Kier molecular flexibility index (Phi) is 4.83. The van der Waals surface area contributed by atoms with E-state index >= 15 is 0 Å². The molecule has 0 aromatic heterocycles. The minimum atomic E-state index is -3.59. The number of hydrogen-bond donors (Lipinski definition) is 1. The Balaban J connectivity index is 1.86. The second-order valence-corrected chi connectivity index (χ2v) is 7.18. The van der Waals surface area contributed by atoms with E-state index in [0.717, 1.165) is 10.9 Å². The minimum absolute atomic E-state index is 0.270. The highest BCUT2D eigenvalue weighted by Crippen LogP contribution is 2.30. The van der Waals surface area contributed by atoms with Crippen LogP contribution in [0.1, 0.15) is 5.56 Å². The number of methoxy groups -OCH3 is 1. The van der Waals surface area contributed by atoms with Gasteiger partial charge in [-0.25, -0.2) is 13.1 Å². The summed E-state index contributed by atoms with van der Waals surface area (Å²) in [6.07, 6.45) is 0.647. The molecule has 0 spiro atoms. The van der Waals surface area contributed by atoms with E-state index in [0.29, 0.717) is 24.1 Å². The minimum Gasteiger partial charge on any atom is -0.496 e. The normalized spacial score (nSPS) is 11.5. The van der Waals surface area contributed by atoms with Gasteiger partial charge in [0, 0.05) is 17.3 Å². The van der Waals surface area contributed by atoms with Crippen LogP contribution in [0.15, 0.2) is 71.6 Å². The molecule has 0 heterocycles. The highest BCUT2D eigenvalue weighted by molar-refractivity contribution is 7.89. The van der Waals surface area contributed by atoms with Gasteiger partial charge in [-0.05, 0) is 24.1 Å². The van der Waals surface area contributed by atoms with Gasteiger partial charge in [0.05, 0.1) is 12.0 Å². The first kappa shape index (κ1) is 16.5. The molecule has 5 heteroatoms. The highest BCUT2D eigenvalue weighted by atomic mass is 32.2. The lowest BCUT2D eigenvalue weighted by Gasteiger charge is -2.12. The highest BCUT2D eigenvalue weighted by Gasteiger charge is 2.18. The van der Waals surface area contributed by atoms with Crippen LogP contribution in [0.5, 0.6) is 5.75 Å². The number of benzene rings is 3. The Labute approximate surface area is 142 Å². The first-order valence-corrected chi connectivity index (χ1v) is 9.19. The summed E-state index contributed by atoms with van der Waals surface area (Å²) in [5.74, 6) is 0.661. The van der Waals surface area contributed by atoms with Crippen LogP contribution in [-0.4, -0.2) is 22.1 Å². The fourth-order valence-electron chi connectivity index (χ4n) is 2.71. The summed E-state index contributed by atoms with van der Waals surface area (Å²) in [6, 6.07) is 20.4. The summed E-state index contributed by atoms with van der Waals surface area (Å²) in [6.45, 7) is 0.354. The lowest BCUT2D eigenvalue weighted by Crippen LogP contribution is -2.26. The summed E-state index contributed by atoms with van der Waals surface area (Å²) >= 11 is 0. The summed E-state index contributed by atoms with van der Waals surface area (Å²) in [4.78, 5) is 0.270. The van der Waals surface area contributed by atoms with Gasteiger partial charge in [0.15, 0.2) is 0 Å². The Morgan fingerprint density at radius 1 is 0.875 bits per heavy atom. The summed E-state index contributed by atoms with van der Waals surface area (Å²) < 4.78 is 33.4. The zero-order valence-corrected chi connectivity index (χ0v) is 14.2. The van der Waals surface area contributed by atoms with Gasteiger partial charge in [0.1, 0.15) is 5.75 Å². The molecular weight excluding hydrogens is 322 g/mol. The second-order valence-electron chi connectivity index (χ2n) is 5.44. The Hall–Kier alpha value is -2.37. The molecule has 0 atom stereocenters. The van der Waals surface area contributed by atoms with E-state index < -0.39 is 10.0 Å². The molecule has 3 aromatic carbocycles. The van der Waals surface area contributed by atoms with Crippen molar-refractivity contribution in [1.29, 1.82) is 0 Å². The van der Waals surface area contributed by atoms with Gasteiger partial charge in [-0.3, -0.25) is 0 Å². The first-order valence-electron chi connectivity index (χ1n) is 7.71. The molecule has 0 unspecified atom stereocenters. The lowest BCUT2D eigenvalue weighted by molar-refractivity contribution is 0.419. The van der Waals surface area contributed by atoms with E-state index in [1.54, 1.807) is 25.3 Å². The second kappa shape index (κ2) is 7.03. The van der Waals surface area contributed by atoms with Crippen molar-refractivity contribution in [3.05, 3.63) is 72.3 Å². The third-order valence-corrected chi connectivity index (χ3v) is 5.42. The number of fused-ring (bicyclic) bond motifs is 1. The standard InChI is InChI=1S/C19H19NO3S/c1-23-18-11-12-19(17-10-6-5-9-16(17)18)24(21,22)20-14-13-15-7-3-2-4-8-15/h2-12,20H,13-14H2,1H3. The zero-order chi connectivity index (χ0) is 17.0. The van der Waals surface area contributed by atoms with Gasteiger partial charge in [0.2, 0.25) is 10.0 Å². The van der Waals surface area contributed by atoms with E-state index in [2.05, 4.69) is 4.72 Å². The van der Waals surface area contributed by atoms with Crippen LogP contribution in [-0.2, 0) is 16.4 Å². The Morgan fingerprint density at radius 2 is 1.54 bits per heavy atom. The number of nitrogens with one attached hydrogen (secondary N) is 1. The molecule has 0 aliphatic rings. The van der Waals surface area contributed by atoms with Crippen LogP contribution in [0.2, 0.25) is 0 Å². The van der Waals surface area contributed by atoms with Crippen LogP contribution in [0.3, 0.4) is 0 Å². The van der Waals surface area contributed by atoms with Crippen LogP contribution in [0, 0.1) is 0 Å². The van der Waals surface area contributed by atoms with E-state index in [4.69, 9.17) is 4.74 Å². The number of sulfonamides is 1. The number of ether oxygens (including phenoxy) is 1. The van der Waals surface area contributed by atoms with Crippen molar-refractivity contribution >= 4 is 20.8 Å². The fourth-order valence-corrected chi connectivity index (χ4v) is 3.95. The molecule has 1 N–H and O–H groups in total. The average molecular weight is 341 g/mol. The molecule has 0 bridgehead atoms. The molecule has 4 nitrogen and oxygen atoms in total. The van der Waals surface area contributed by atoms with Crippen molar-refractivity contribution in [3.8, 4) is 5.75 Å². The predicted octanol–water partition coefficient (Wildman–Crippen LogP) is 3.37. The van der Waals surface area contributed by atoms with Crippen molar-refractivity contribution in [2.75, 3.05) is 13.7 Å². The number of rotatable bonds is 6. The largest absolute Gasteiger partial charge is 0.496 e. The third kappa shape index (κ3) is 3.42. The summed E-state index contributed by atoms with van der Waals surface area (Å²) in [5.41, 5.74) is 1.10. The van der Waals surface area contributed by atoms with Gasteiger partial charge >= 0.3 is 0 Å². The molecule has 0 aliphatic carbocycles. The fraction of sp³-hybridized carbons (Fsp3) is 0.158. The molecule has 0 aliphatic heterocycles. The molecule has 24 heavy (non-hydrogen) atoms. The van der Waals surface area contributed by atoms with Crippen LogP contribution < -0.4 is 9.46 Å². The monoisotopic (exact) mass is 341 g/mol. The quantitative estimate of drug-likeness (QED) is 0.748. The smallest absolute Gasteiger partial charge is 0.241 e. The maximum Gasteiger partial charge on any atom is 0.241 e. The van der Waals surface area contributed by atoms with E-state index in [1.165, 1.54) is 0 Å². The van der Waals surface area contributed by atoms with Crippen LogP contribution >= 0.6 is 0 Å². The topological polar surface area (TPSA) is 55.4 Å². The molecule has 0 amide bonds. The van der Waals surface area contributed by atoms with Gasteiger partial charge in [-0.15, -0.1) is 0 Å². The van der Waals surface area contributed by atoms with Crippen molar-refractivity contribution in [2.24, 2.45) is 0 Å². The summed E-state index contributed by atoms with van der Waals surface area (Å²) in [5, 5.41) is 1.44. The zero-order valence-electron chi connectivity index (χ0n) is 13.4. The molecule has 0 saturated carbocycles. The molecule has 3 aromatic rings. The average Bonchev–Trinajstić information content (AvgIpc) is 2.61. The van der Waals surface area contributed by atoms with Crippen molar-refractivity contribution in [1.82, 2.24) is 4.72 Å².